The monoisotopic (exact) mass is 434 g/mol. The molecular formula is C21H29Cl3O3. The molecule has 3 fully saturated rings. The number of aliphatic hydroxyl groups is 1. The highest BCUT2D eigenvalue weighted by Gasteiger charge is 2.60. The molecule has 0 aromatic heterocycles. The lowest BCUT2D eigenvalue weighted by atomic mass is 9.47. The lowest BCUT2D eigenvalue weighted by Gasteiger charge is -2.58. The Balaban J connectivity index is 1.56. The van der Waals surface area contributed by atoms with Gasteiger partial charge in [-0.05, 0) is 79.6 Å². The van der Waals surface area contributed by atoms with Gasteiger partial charge in [-0.3, -0.25) is 4.79 Å². The van der Waals surface area contributed by atoms with Crippen LogP contribution in [0.5, 0.6) is 0 Å². The smallest absolute Gasteiger partial charge is 0.240 e. The first-order chi connectivity index (χ1) is 12.6. The fraction of sp³-hybridized carbons (Fsp3) is 0.857. The summed E-state index contributed by atoms with van der Waals surface area (Å²) in [7, 11) is 0. The molecule has 4 aliphatic rings. The third-order valence-electron chi connectivity index (χ3n) is 8.45. The van der Waals surface area contributed by atoms with Crippen LogP contribution in [0.25, 0.3) is 0 Å². The molecule has 0 spiro atoms. The summed E-state index contributed by atoms with van der Waals surface area (Å²) in [5.41, 5.74) is 1.58. The van der Waals surface area contributed by atoms with Crippen LogP contribution in [0.2, 0.25) is 0 Å². The van der Waals surface area contributed by atoms with E-state index in [0.29, 0.717) is 30.0 Å². The molecule has 0 saturated heterocycles. The second-order valence-electron chi connectivity index (χ2n) is 9.61. The van der Waals surface area contributed by atoms with Crippen LogP contribution in [0.15, 0.2) is 11.6 Å². The number of carbonyl (C=O) groups is 1. The molecule has 4 aliphatic carbocycles. The number of ether oxygens (including phenoxy) is 1. The Morgan fingerprint density at radius 3 is 2.56 bits per heavy atom. The zero-order valence-corrected chi connectivity index (χ0v) is 18.3. The third-order valence-corrected chi connectivity index (χ3v) is 9.01. The van der Waals surface area contributed by atoms with Crippen molar-refractivity contribution >= 4 is 40.6 Å². The van der Waals surface area contributed by atoms with Crippen molar-refractivity contribution < 1.29 is 14.6 Å². The predicted octanol–water partition coefficient (Wildman–Crippen LogP) is 5.59. The van der Waals surface area contributed by atoms with Gasteiger partial charge in [0.2, 0.25) is 10.1 Å². The number of carbonyl (C=O) groups excluding carboxylic acids is 1. The zero-order chi connectivity index (χ0) is 19.6. The minimum atomic E-state index is -1.82. The minimum Gasteiger partial charge on any atom is -0.365 e. The van der Waals surface area contributed by atoms with Gasteiger partial charge in [-0.2, -0.15) is 0 Å². The first kappa shape index (κ1) is 20.5. The average Bonchev–Trinajstić information content (AvgIpc) is 2.91. The highest BCUT2D eigenvalue weighted by atomic mass is 35.6. The Hall–Kier alpha value is 0.200. The molecule has 0 aliphatic heterocycles. The molecule has 0 radical (unpaired) electrons. The van der Waals surface area contributed by atoms with Crippen molar-refractivity contribution in [3.05, 3.63) is 11.6 Å². The number of halogens is 3. The Morgan fingerprint density at radius 1 is 1.11 bits per heavy atom. The normalized spacial score (nSPS) is 45.6. The molecule has 0 heterocycles. The molecule has 27 heavy (non-hydrogen) atoms. The molecule has 3 saturated carbocycles. The number of ketones is 1. The highest BCUT2D eigenvalue weighted by molar-refractivity contribution is 6.67. The summed E-state index contributed by atoms with van der Waals surface area (Å²) in [4.78, 5) is 11.9. The van der Waals surface area contributed by atoms with Crippen LogP contribution in [0.3, 0.4) is 0 Å². The van der Waals surface area contributed by atoms with E-state index in [-0.39, 0.29) is 16.9 Å². The van der Waals surface area contributed by atoms with Gasteiger partial charge in [-0.1, -0.05) is 54.2 Å². The van der Waals surface area contributed by atoms with Gasteiger partial charge >= 0.3 is 0 Å². The summed E-state index contributed by atoms with van der Waals surface area (Å²) in [6.45, 7) is 4.69. The van der Waals surface area contributed by atoms with Crippen LogP contribution in [-0.2, 0) is 9.53 Å². The van der Waals surface area contributed by atoms with Crippen LogP contribution < -0.4 is 0 Å². The van der Waals surface area contributed by atoms with Crippen molar-refractivity contribution in [1.82, 2.24) is 0 Å². The van der Waals surface area contributed by atoms with E-state index in [1.54, 1.807) is 0 Å². The van der Waals surface area contributed by atoms with Crippen LogP contribution >= 0.6 is 34.8 Å². The molecule has 0 unspecified atom stereocenters. The Labute approximate surface area is 176 Å². The van der Waals surface area contributed by atoms with Crippen molar-refractivity contribution in [3.8, 4) is 0 Å². The van der Waals surface area contributed by atoms with Crippen LogP contribution in [0.4, 0.5) is 0 Å². The lowest BCUT2D eigenvalue weighted by Crippen LogP contribution is -2.52. The van der Waals surface area contributed by atoms with Gasteiger partial charge in [-0.15, -0.1) is 0 Å². The van der Waals surface area contributed by atoms with Crippen LogP contribution in [-0.4, -0.2) is 27.1 Å². The molecule has 0 bridgehead atoms. The van der Waals surface area contributed by atoms with E-state index in [9.17, 15) is 9.90 Å². The highest BCUT2D eigenvalue weighted by Crippen LogP contribution is 2.65. The van der Waals surface area contributed by atoms with E-state index >= 15 is 0 Å². The van der Waals surface area contributed by atoms with Crippen LogP contribution in [0.1, 0.15) is 65.2 Å². The van der Waals surface area contributed by atoms with E-state index in [1.165, 1.54) is 5.57 Å². The third kappa shape index (κ3) is 3.30. The number of alkyl halides is 3. The summed E-state index contributed by atoms with van der Waals surface area (Å²) in [5, 5.41) is 10.1. The Morgan fingerprint density at radius 2 is 1.85 bits per heavy atom. The van der Waals surface area contributed by atoms with Crippen molar-refractivity contribution in [1.29, 1.82) is 0 Å². The van der Waals surface area contributed by atoms with Gasteiger partial charge in [-0.25, -0.2) is 0 Å². The molecule has 152 valence electrons. The molecule has 7 atom stereocenters. The molecule has 6 heteroatoms. The topological polar surface area (TPSA) is 46.5 Å². The van der Waals surface area contributed by atoms with Crippen LogP contribution in [0, 0.1) is 28.6 Å². The largest absolute Gasteiger partial charge is 0.365 e. The number of rotatable bonds is 2. The maximum absolute atomic E-state index is 11.9. The fourth-order valence-electron chi connectivity index (χ4n) is 6.97. The second-order valence-corrected chi connectivity index (χ2v) is 12.0. The number of hydrogen-bond donors (Lipinski definition) is 1. The minimum absolute atomic E-state index is 0.0140. The van der Waals surface area contributed by atoms with Gasteiger partial charge in [0.1, 0.15) is 0 Å². The predicted molar refractivity (Wildman–Crippen MR) is 108 cm³/mol. The number of allylic oxidation sites excluding steroid dienone is 1. The van der Waals surface area contributed by atoms with E-state index in [4.69, 9.17) is 39.5 Å². The molecule has 0 aromatic carbocycles. The quantitative estimate of drug-likeness (QED) is 0.454. The van der Waals surface area contributed by atoms with Crippen molar-refractivity contribution in [2.45, 2.75) is 81.4 Å². The molecular weight excluding hydrogens is 407 g/mol. The summed E-state index contributed by atoms with van der Waals surface area (Å²) in [6.07, 6.45) is 8.55. The van der Waals surface area contributed by atoms with Gasteiger partial charge in [0.25, 0.3) is 0 Å². The van der Waals surface area contributed by atoms with Crippen molar-refractivity contribution in [2.75, 3.05) is 0 Å². The van der Waals surface area contributed by atoms with E-state index in [0.717, 1.165) is 44.9 Å². The summed E-state index contributed by atoms with van der Waals surface area (Å²) < 4.78 is 4.06. The SMILES string of the molecule is C[C@]12CC[C@H]3[C@@H](CCC4=CC(=O)CC[C@@]43C)[C@@H]1CC[C@@H]2O[C@H](O)C(Cl)(Cl)Cl. The second kappa shape index (κ2) is 6.87. The standard InChI is InChI=1S/C21H29Cl3O3/c1-19-9-7-13(25)11-12(19)3-4-14-15-5-6-17(27-18(26)21(22,23)24)20(15,2)10-8-16(14)19/h11,14-18,26H,3-10H2,1-2H3/t14-,15-,16-,17-,18-,19-,20-/m0/s1. The Kier molecular flexibility index (Phi) is 5.21. The fourth-order valence-corrected chi connectivity index (χ4v) is 7.12. The lowest BCUT2D eigenvalue weighted by molar-refractivity contribution is -0.177. The maximum Gasteiger partial charge on any atom is 0.240 e. The first-order valence-corrected chi connectivity index (χ1v) is 11.3. The molecule has 1 N–H and O–H groups in total. The summed E-state index contributed by atoms with van der Waals surface area (Å²) in [6, 6.07) is 0. The number of fused-ring (bicyclic) bond motifs is 5. The van der Waals surface area contributed by atoms with Gasteiger partial charge in [0.15, 0.2) is 5.78 Å². The Bertz CT molecular complexity index is 658. The molecule has 4 rings (SSSR count). The van der Waals surface area contributed by atoms with Gasteiger partial charge < -0.3 is 9.84 Å². The molecule has 0 amide bonds. The first-order valence-electron chi connectivity index (χ1n) is 10.2. The summed E-state index contributed by atoms with van der Waals surface area (Å²) >= 11 is 17.5. The molecule has 0 aromatic rings. The summed E-state index contributed by atoms with van der Waals surface area (Å²) in [5.74, 6) is 2.16. The number of aliphatic hydroxyl groups excluding tert-OH is 1. The zero-order valence-electron chi connectivity index (χ0n) is 16.0. The van der Waals surface area contributed by atoms with Gasteiger partial charge in [0, 0.05) is 6.42 Å². The molecule has 3 nitrogen and oxygen atoms in total. The van der Waals surface area contributed by atoms with Gasteiger partial charge in [0.05, 0.1) is 6.10 Å². The van der Waals surface area contributed by atoms with E-state index in [1.807, 2.05) is 6.08 Å². The average molecular weight is 436 g/mol. The maximum atomic E-state index is 11.9. The van der Waals surface area contributed by atoms with Crippen molar-refractivity contribution in [3.63, 3.8) is 0 Å². The van der Waals surface area contributed by atoms with E-state index < -0.39 is 10.1 Å². The van der Waals surface area contributed by atoms with E-state index in [2.05, 4.69) is 13.8 Å². The van der Waals surface area contributed by atoms with Crippen molar-refractivity contribution in [2.24, 2.45) is 28.6 Å². The number of hydrogen-bond acceptors (Lipinski definition) is 3.